The molecule has 0 aliphatic carbocycles. The van der Waals surface area contributed by atoms with Crippen molar-refractivity contribution >= 4 is 10.8 Å². The number of halogens is 1. The van der Waals surface area contributed by atoms with Crippen LogP contribution in [-0.2, 0) is 27.9 Å². The topological polar surface area (TPSA) is 35.5 Å². The molecule has 0 N–H and O–H groups in total. The van der Waals surface area contributed by atoms with Gasteiger partial charge in [-0.05, 0) is 48.7 Å². The highest BCUT2D eigenvalue weighted by Crippen LogP contribution is 2.22. The Kier molecular flexibility index (Phi) is 5.63. The van der Waals surface area contributed by atoms with Gasteiger partial charge in [0, 0.05) is 23.2 Å². The molecule has 3 unspecified atom stereocenters. The Morgan fingerprint density at radius 2 is 1.79 bits per heavy atom. The van der Waals surface area contributed by atoms with E-state index in [0.717, 1.165) is 23.3 Å². The van der Waals surface area contributed by atoms with Gasteiger partial charge in [0.05, 0.1) is 11.4 Å². The second-order valence-corrected chi connectivity index (χ2v) is 7.64. The highest BCUT2D eigenvalue weighted by molar-refractivity contribution is 7.84. The molecule has 0 amide bonds. The molecule has 3 nitrogen and oxygen atoms in total. The predicted octanol–water partition coefficient (Wildman–Crippen LogP) is 3.83. The van der Waals surface area contributed by atoms with Crippen LogP contribution in [0.1, 0.15) is 24.5 Å². The van der Waals surface area contributed by atoms with Crippen molar-refractivity contribution in [2.24, 2.45) is 0 Å². The van der Waals surface area contributed by atoms with E-state index in [2.05, 4.69) is 0 Å². The summed E-state index contributed by atoms with van der Waals surface area (Å²) in [5.41, 5.74) is 1.94. The summed E-state index contributed by atoms with van der Waals surface area (Å²) < 4.78 is 36.5. The molecule has 1 aliphatic rings. The largest absolute Gasteiger partial charge is 0.489 e. The molecule has 0 bridgehead atoms. The van der Waals surface area contributed by atoms with Crippen LogP contribution in [0.3, 0.4) is 0 Å². The van der Waals surface area contributed by atoms with Crippen LogP contribution in [0.15, 0.2) is 48.5 Å². The van der Waals surface area contributed by atoms with Crippen molar-refractivity contribution in [2.75, 3.05) is 6.61 Å². The second kappa shape index (κ2) is 7.90. The quantitative estimate of drug-likeness (QED) is 0.796. The monoisotopic (exact) mass is 348 g/mol. The fraction of sp³-hybridized carbons (Fsp3) is 0.368. The van der Waals surface area contributed by atoms with Crippen LogP contribution >= 0.6 is 0 Å². The van der Waals surface area contributed by atoms with Crippen molar-refractivity contribution in [1.29, 1.82) is 0 Å². The summed E-state index contributed by atoms with van der Waals surface area (Å²) in [5.74, 6) is 1.03. The van der Waals surface area contributed by atoms with Gasteiger partial charge in [-0.2, -0.15) is 0 Å². The molecule has 2 aromatic rings. The van der Waals surface area contributed by atoms with E-state index in [4.69, 9.17) is 9.47 Å². The summed E-state index contributed by atoms with van der Waals surface area (Å²) in [5, 5.41) is 0.124. The highest BCUT2D eigenvalue weighted by atomic mass is 32.2. The third kappa shape index (κ3) is 4.42. The number of hydrogen-bond donors (Lipinski definition) is 0. The van der Waals surface area contributed by atoms with E-state index in [0.29, 0.717) is 19.0 Å². The van der Waals surface area contributed by atoms with E-state index in [9.17, 15) is 8.60 Å². The van der Waals surface area contributed by atoms with E-state index in [1.165, 1.54) is 12.1 Å². The van der Waals surface area contributed by atoms with Crippen LogP contribution in [0.2, 0.25) is 0 Å². The van der Waals surface area contributed by atoms with Gasteiger partial charge in [-0.3, -0.25) is 4.21 Å². The zero-order chi connectivity index (χ0) is 16.9. The maximum absolute atomic E-state index is 12.9. The molecule has 0 radical (unpaired) electrons. The molecule has 3 rings (SSSR count). The molecule has 1 heterocycles. The molecule has 0 aromatic heterocycles. The van der Waals surface area contributed by atoms with Gasteiger partial charge in [-0.1, -0.05) is 24.3 Å². The van der Waals surface area contributed by atoms with Gasteiger partial charge >= 0.3 is 0 Å². The lowest BCUT2D eigenvalue weighted by Gasteiger charge is -2.14. The minimum atomic E-state index is -0.920. The molecule has 128 valence electrons. The third-order valence-corrected chi connectivity index (χ3v) is 6.11. The molecule has 1 aliphatic heterocycles. The fourth-order valence-corrected chi connectivity index (χ4v) is 4.36. The standard InChI is InChI=1S/C19H21FO3S/c1-14-19(10-11-22-14)24(21)13-16-4-8-18(9-5-16)23-12-15-2-6-17(20)7-3-15/h2-9,14,19H,10-13H2,1H3. The van der Waals surface area contributed by atoms with Crippen molar-refractivity contribution in [2.45, 2.75) is 37.1 Å². The summed E-state index contributed by atoms with van der Waals surface area (Å²) in [4.78, 5) is 0. The van der Waals surface area contributed by atoms with E-state index in [-0.39, 0.29) is 17.2 Å². The van der Waals surface area contributed by atoms with Gasteiger partial charge in [0.25, 0.3) is 0 Å². The molecule has 1 saturated heterocycles. The Morgan fingerprint density at radius 3 is 2.42 bits per heavy atom. The van der Waals surface area contributed by atoms with Crippen molar-refractivity contribution in [3.05, 3.63) is 65.5 Å². The fourth-order valence-electron chi connectivity index (χ4n) is 2.76. The zero-order valence-electron chi connectivity index (χ0n) is 13.6. The maximum Gasteiger partial charge on any atom is 0.123 e. The molecular weight excluding hydrogens is 327 g/mol. The molecule has 24 heavy (non-hydrogen) atoms. The first-order chi connectivity index (χ1) is 11.6. The van der Waals surface area contributed by atoms with Crippen LogP contribution in [0.25, 0.3) is 0 Å². The first kappa shape index (κ1) is 17.1. The van der Waals surface area contributed by atoms with Gasteiger partial charge < -0.3 is 9.47 Å². The number of benzene rings is 2. The highest BCUT2D eigenvalue weighted by Gasteiger charge is 2.29. The molecule has 1 fully saturated rings. The van der Waals surface area contributed by atoms with Crippen LogP contribution in [0.4, 0.5) is 4.39 Å². The molecule has 0 spiro atoms. The lowest BCUT2D eigenvalue weighted by molar-refractivity contribution is 0.127. The van der Waals surface area contributed by atoms with Gasteiger partial charge in [-0.25, -0.2) is 4.39 Å². The lowest BCUT2D eigenvalue weighted by Crippen LogP contribution is -2.24. The summed E-state index contributed by atoms with van der Waals surface area (Å²) in [6.07, 6.45) is 0.941. The van der Waals surface area contributed by atoms with E-state index in [1.807, 2.05) is 31.2 Å². The van der Waals surface area contributed by atoms with Crippen molar-refractivity contribution in [1.82, 2.24) is 0 Å². The zero-order valence-corrected chi connectivity index (χ0v) is 14.4. The Hall–Kier alpha value is -1.72. The number of ether oxygens (including phenoxy) is 2. The SMILES string of the molecule is CC1OCCC1S(=O)Cc1ccc(OCc2ccc(F)cc2)cc1. The van der Waals surface area contributed by atoms with Gasteiger partial charge in [0.1, 0.15) is 18.2 Å². The number of hydrogen-bond acceptors (Lipinski definition) is 3. The Balaban J connectivity index is 1.53. The van der Waals surface area contributed by atoms with Crippen LogP contribution in [0.5, 0.6) is 5.75 Å². The van der Waals surface area contributed by atoms with E-state index in [1.54, 1.807) is 12.1 Å². The minimum absolute atomic E-state index is 0.0733. The van der Waals surface area contributed by atoms with Crippen LogP contribution in [0, 0.1) is 5.82 Å². The van der Waals surface area contributed by atoms with Crippen molar-refractivity contribution in [3.63, 3.8) is 0 Å². The molecule has 2 aromatic carbocycles. The number of rotatable bonds is 6. The Bertz CT molecular complexity index is 685. The van der Waals surface area contributed by atoms with E-state index < -0.39 is 10.8 Å². The van der Waals surface area contributed by atoms with Crippen LogP contribution in [-0.4, -0.2) is 22.2 Å². The second-order valence-electron chi connectivity index (χ2n) is 5.99. The summed E-state index contributed by atoms with van der Waals surface area (Å²) >= 11 is 0. The first-order valence-corrected chi connectivity index (χ1v) is 9.45. The van der Waals surface area contributed by atoms with Crippen molar-refractivity contribution < 1.29 is 18.1 Å². The smallest absolute Gasteiger partial charge is 0.123 e. The average Bonchev–Trinajstić information content (AvgIpc) is 3.02. The Morgan fingerprint density at radius 1 is 1.12 bits per heavy atom. The predicted molar refractivity (Wildman–Crippen MR) is 92.8 cm³/mol. The average molecular weight is 348 g/mol. The van der Waals surface area contributed by atoms with Gasteiger partial charge in [0.2, 0.25) is 0 Å². The Labute approximate surface area is 144 Å². The third-order valence-electron chi connectivity index (χ3n) is 4.20. The molecular formula is C19H21FO3S. The van der Waals surface area contributed by atoms with Crippen LogP contribution < -0.4 is 4.74 Å². The minimum Gasteiger partial charge on any atom is -0.489 e. The van der Waals surface area contributed by atoms with E-state index >= 15 is 0 Å². The summed E-state index contributed by atoms with van der Waals surface area (Å²) in [7, 11) is -0.920. The maximum atomic E-state index is 12.9. The van der Waals surface area contributed by atoms with Gasteiger partial charge in [0.15, 0.2) is 0 Å². The lowest BCUT2D eigenvalue weighted by atomic mass is 10.2. The molecule has 5 heteroatoms. The molecule has 0 saturated carbocycles. The van der Waals surface area contributed by atoms with Crippen molar-refractivity contribution in [3.8, 4) is 5.75 Å². The molecule has 3 atom stereocenters. The van der Waals surface area contributed by atoms with Gasteiger partial charge in [-0.15, -0.1) is 0 Å². The normalized spacial score (nSPS) is 21.6. The summed E-state index contributed by atoms with van der Waals surface area (Å²) in [6.45, 7) is 3.08. The summed E-state index contributed by atoms with van der Waals surface area (Å²) in [6, 6.07) is 13.9. The first-order valence-electron chi connectivity index (χ1n) is 8.07.